The number of carboxylic acid groups (broad SMARTS) is 1. The van der Waals surface area contributed by atoms with Crippen LogP contribution in [0.15, 0.2) is 47.5 Å². The lowest BCUT2D eigenvalue weighted by Crippen LogP contribution is -2.56. The zero-order chi connectivity index (χ0) is 34.7. The second-order valence-electron chi connectivity index (χ2n) is 10.8. The number of hydrogen-bond donors (Lipinski definition) is 8. The molecule has 0 spiro atoms. The van der Waals surface area contributed by atoms with E-state index in [1.807, 2.05) is 22.6 Å². The molecule has 2 bridgehead atoms. The van der Waals surface area contributed by atoms with Crippen molar-refractivity contribution >= 4 is 64.1 Å². The quantitative estimate of drug-likeness (QED) is 0.0699. The maximum Gasteiger partial charge on any atom is 0.305 e. The second-order valence-corrected chi connectivity index (χ2v) is 11.9. The van der Waals surface area contributed by atoms with E-state index in [4.69, 9.17) is 11.5 Å². The Morgan fingerprint density at radius 3 is 2.40 bits per heavy atom. The molecule has 0 aliphatic carbocycles. The van der Waals surface area contributed by atoms with Gasteiger partial charge in [0.2, 0.25) is 23.6 Å². The summed E-state index contributed by atoms with van der Waals surface area (Å²) in [6.45, 7) is -0.576. The molecule has 16 nitrogen and oxygen atoms in total. The summed E-state index contributed by atoms with van der Waals surface area (Å²) in [4.78, 5) is 83.0. The molecule has 0 radical (unpaired) electrons. The highest BCUT2D eigenvalue weighted by atomic mass is 125. The van der Waals surface area contributed by atoms with Crippen molar-refractivity contribution in [2.75, 3.05) is 20.1 Å². The van der Waals surface area contributed by atoms with E-state index in [2.05, 4.69) is 26.3 Å². The van der Waals surface area contributed by atoms with Gasteiger partial charge >= 0.3 is 5.97 Å². The summed E-state index contributed by atoms with van der Waals surface area (Å²) in [6.07, 6.45) is -0.381. The first-order chi connectivity index (χ1) is 22.2. The maximum absolute atomic E-state index is 14.0. The lowest BCUT2D eigenvalue weighted by atomic mass is 10.0. The Labute approximate surface area is 283 Å². The van der Waals surface area contributed by atoms with Crippen LogP contribution in [0.5, 0.6) is 5.75 Å². The van der Waals surface area contributed by atoms with Gasteiger partial charge in [-0.2, -0.15) is 0 Å². The van der Waals surface area contributed by atoms with Crippen LogP contribution >= 0.6 is 22.6 Å². The molecule has 17 heteroatoms. The van der Waals surface area contributed by atoms with E-state index in [1.165, 1.54) is 30.1 Å². The van der Waals surface area contributed by atoms with E-state index >= 15 is 0 Å². The normalized spacial score (nSPS) is 19.7. The molecule has 47 heavy (non-hydrogen) atoms. The number of likely N-dealkylation sites (N-methyl/N-ethyl adjacent to an activating group) is 1. The van der Waals surface area contributed by atoms with Crippen LogP contribution in [-0.2, 0) is 36.9 Å². The zero-order valence-corrected chi connectivity index (χ0v) is 27.7. The number of hydrogen-bond acceptors (Lipinski definition) is 8. The number of phenolic OH excluding ortho intramolecular Hbond substituents is 1. The predicted octanol–water partition coefficient (Wildman–Crippen LogP) is -1.08. The predicted molar refractivity (Wildman–Crippen MR) is 178 cm³/mol. The number of nitrogens with two attached hydrogens (primary N) is 2. The van der Waals surface area contributed by atoms with Gasteiger partial charge in [-0.15, -0.1) is 0 Å². The third kappa shape index (κ3) is 11.1. The van der Waals surface area contributed by atoms with E-state index in [9.17, 15) is 39.0 Å². The van der Waals surface area contributed by atoms with Crippen molar-refractivity contribution < 1.29 is 39.0 Å². The molecule has 0 saturated carbocycles. The van der Waals surface area contributed by atoms with Crippen LogP contribution in [0, 0.1) is 3.57 Å². The first-order valence-corrected chi connectivity index (χ1v) is 15.6. The average Bonchev–Trinajstić information content (AvgIpc) is 3.02. The molecule has 0 unspecified atom stereocenters. The zero-order valence-electron chi connectivity index (χ0n) is 25.5. The number of carbonyl (C=O) groups is 6. The number of halogens is 1. The fraction of sp³-hybridized carbons (Fsp3) is 0.367. The number of fused-ring (bicyclic) bond motifs is 2. The molecule has 2 aromatic rings. The molecule has 10 N–H and O–H groups in total. The molecule has 0 aromatic heterocycles. The molecule has 3 rings (SSSR count). The molecule has 0 fully saturated rings. The van der Waals surface area contributed by atoms with Crippen LogP contribution in [0.4, 0.5) is 0 Å². The summed E-state index contributed by atoms with van der Waals surface area (Å²) in [5, 5.41) is 29.4. The summed E-state index contributed by atoms with van der Waals surface area (Å²) in [5.41, 5.74) is 12.1. The van der Waals surface area contributed by atoms with Crippen LogP contribution in [-0.4, -0.2) is 94.8 Å². The van der Waals surface area contributed by atoms with Gasteiger partial charge in [0.25, 0.3) is 5.91 Å². The molecule has 1 heterocycles. The number of carbonyl (C=O) groups excluding carboxylic acids is 5. The Morgan fingerprint density at radius 2 is 1.72 bits per heavy atom. The van der Waals surface area contributed by atoms with Crippen LogP contribution in [0.1, 0.15) is 40.7 Å². The number of guanidine groups is 1. The Morgan fingerprint density at radius 1 is 1.00 bits per heavy atom. The number of nitrogens with zero attached hydrogens (tertiary/aromatic N) is 2. The van der Waals surface area contributed by atoms with E-state index in [0.717, 1.165) is 0 Å². The summed E-state index contributed by atoms with van der Waals surface area (Å²) < 4.78 is 0.531. The fourth-order valence-electron chi connectivity index (χ4n) is 4.80. The molecule has 3 atom stereocenters. The van der Waals surface area contributed by atoms with Crippen molar-refractivity contribution in [1.29, 1.82) is 0 Å². The molecule has 1 aliphatic heterocycles. The van der Waals surface area contributed by atoms with Gasteiger partial charge in [0.1, 0.15) is 23.9 Å². The van der Waals surface area contributed by atoms with Gasteiger partial charge < -0.3 is 47.8 Å². The van der Waals surface area contributed by atoms with Crippen molar-refractivity contribution in [3.63, 3.8) is 0 Å². The third-order valence-corrected chi connectivity index (χ3v) is 8.08. The summed E-state index contributed by atoms with van der Waals surface area (Å²) in [6, 6.07) is 7.21. The molecule has 1 aliphatic rings. The van der Waals surface area contributed by atoms with E-state index in [0.29, 0.717) is 14.7 Å². The monoisotopic (exact) mass is 762 g/mol. The Hall–Kier alpha value is -4.94. The minimum atomic E-state index is -1.45. The molecule has 252 valence electrons. The molecular formula is C30H37IN8O8. The standard InChI is InChI=1S/C30H37IN8O8/c1-39-22(6-3-9-34-30(32)33)28(46)36-15-24(41)37-20(13-25(42)43)27(45)35-14-17-4-2-5-18(10-17)26(44)38-21(29(39)47)12-16-7-8-23(40)19(31)11-16/h2,4-5,7-8,10-11,20-22,40H,3,6,9,12-15H2,1H3,(H,35,45)(H,36,46)(H,37,41)(H,38,44)(H,42,43)(H4,32,33,34)/t20-,21+,22-/m0/s1/i31-2. The first kappa shape index (κ1) is 36.5. The first-order valence-electron chi connectivity index (χ1n) is 14.5. The van der Waals surface area contributed by atoms with E-state index in [-0.39, 0.29) is 49.6 Å². The van der Waals surface area contributed by atoms with E-state index < -0.39 is 66.6 Å². The number of nitrogens with one attached hydrogen (secondary N) is 4. The van der Waals surface area contributed by atoms with Gasteiger partial charge in [0.15, 0.2) is 5.96 Å². The Balaban J connectivity index is 2.02. The number of phenols is 1. The maximum atomic E-state index is 14.0. The minimum Gasteiger partial charge on any atom is -0.507 e. The second kappa shape index (κ2) is 17.1. The Kier molecular flexibility index (Phi) is 13.3. The SMILES string of the molecule is CN1C(=O)[C@@H](Cc2ccc(O)c([125I])c2)NC(=O)c2cccc(c2)CNC(=O)[C@H](CC(=O)O)NC(=O)CNC(=O)[C@@H]1CCCN=C(N)N. The highest BCUT2D eigenvalue weighted by Gasteiger charge is 2.33. The number of aromatic hydroxyl groups is 1. The number of carboxylic acids is 1. The van der Waals surface area contributed by atoms with E-state index in [1.54, 1.807) is 24.3 Å². The van der Waals surface area contributed by atoms with Crippen LogP contribution in [0.25, 0.3) is 0 Å². The van der Waals surface area contributed by atoms with Crippen LogP contribution < -0.4 is 32.7 Å². The van der Waals surface area contributed by atoms with Crippen LogP contribution in [0.3, 0.4) is 0 Å². The van der Waals surface area contributed by atoms with Crippen molar-refractivity contribution in [2.24, 2.45) is 16.5 Å². The lowest BCUT2D eigenvalue weighted by molar-refractivity contribution is -0.141. The van der Waals surface area contributed by atoms with Crippen molar-refractivity contribution in [2.45, 2.75) is 50.4 Å². The number of aliphatic carboxylic acids is 1. The summed E-state index contributed by atoms with van der Waals surface area (Å²) in [7, 11) is 1.39. The molecule has 0 saturated heterocycles. The summed E-state index contributed by atoms with van der Waals surface area (Å²) >= 11 is 1.94. The fourth-order valence-corrected chi connectivity index (χ4v) is 5.38. The third-order valence-electron chi connectivity index (χ3n) is 7.21. The lowest BCUT2D eigenvalue weighted by Gasteiger charge is -2.31. The highest BCUT2D eigenvalue weighted by Crippen LogP contribution is 2.22. The van der Waals surface area contributed by atoms with Crippen molar-refractivity contribution in [1.82, 2.24) is 26.2 Å². The molecule has 2 aromatic carbocycles. The minimum absolute atomic E-state index is 0.0106. The van der Waals surface area contributed by atoms with Gasteiger partial charge in [-0.1, -0.05) is 18.2 Å². The summed E-state index contributed by atoms with van der Waals surface area (Å²) in [5.74, 6) is -5.01. The molecule has 5 amide bonds. The largest absolute Gasteiger partial charge is 0.507 e. The van der Waals surface area contributed by atoms with Crippen LogP contribution in [0.2, 0.25) is 0 Å². The van der Waals surface area contributed by atoms with Gasteiger partial charge in [-0.25, -0.2) is 0 Å². The van der Waals surface area contributed by atoms with Gasteiger partial charge in [-0.05, 0) is 70.8 Å². The van der Waals surface area contributed by atoms with Gasteiger partial charge in [-0.3, -0.25) is 33.8 Å². The average molecular weight is 763 g/mol. The number of aliphatic imine (C=N–C) groups is 1. The Bertz CT molecular complexity index is 1550. The highest BCUT2D eigenvalue weighted by molar-refractivity contribution is 14.1. The van der Waals surface area contributed by atoms with Gasteiger partial charge in [0, 0.05) is 32.1 Å². The molecular weight excluding hydrogens is 725 g/mol. The number of rotatable bonds is 8. The van der Waals surface area contributed by atoms with Crippen molar-refractivity contribution in [3.05, 3.63) is 62.7 Å². The smallest absolute Gasteiger partial charge is 0.305 e. The topological polar surface area (TPSA) is 259 Å². The number of amides is 5. The van der Waals surface area contributed by atoms with Gasteiger partial charge in [0.05, 0.1) is 16.5 Å². The van der Waals surface area contributed by atoms with Crippen molar-refractivity contribution in [3.8, 4) is 5.75 Å². The number of benzene rings is 2.